The summed E-state index contributed by atoms with van der Waals surface area (Å²) in [6, 6.07) is 28.3. The van der Waals surface area contributed by atoms with E-state index in [1.54, 1.807) is 0 Å². The van der Waals surface area contributed by atoms with Gasteiger partial charge in [0.1, 0.15) is 5.75 Å². The van der Waals surface area contributed by atoms with Gasteiger partial charge in [-0.05, 0) is 47.5 Å². The molecule has 2 atom stereocenters. The maximum absolute atomic E-state index is 13.1. The van der Waals surface area contributed by atoms with Gasteiger partial charge >= 0.3 is 5.18 Å². The molecule has 0 aromatic heterocycles. The van der Waals surface area contributed by atoms with Gasteiger partial charge in [0.25, 0.3) is 5.91 Å². The fourth-order valence-electron chi connectivity index (χ4n) is 4.61. The molecular formula is C28H23N3O2S. The van der Waals surface area contributed by atoms with Gasteiger partial charge in [-0.15, -0.1) is 0 Å². The van der Waals surface area contributed by atoms with E-state index >= 15 is 0 Å². The third kappa shape index (κ3) is 3.60. The minimum Gasteiger partial charge on any atom is -0.439 e. The second kappa shape index (κ2) is 8.22. The number of para-hydroxylation sites is 1. The highest BCUT2D eigenvalue weighted by atomic mass is 32.2. The van der Waals surface area contributed by atoms with E-state index in [1.807, 2.05) is 84.7 Å². The molecule has 3 aliphatic heterocycles. The predicted molar refractivity (Wildman–Crippen MR) is 136 cm³/mol. The van der Waals surface area contributed by atoms with Crippen molar-refractivity contribution in [3.05, 3.63) is 118 Å². The molecule has 0 saturated carbocycles. The molecule has 0 aliphatic carbocycles. The number of amides is 1. The molecular weight excluding hydrogens is 442 g/mol. The molecule has 5 nitrogen and oxygen atoms in total. The monoisotopic (exact) mass is 465 g/mol. The van der Waals surface area contributed by atoms with Crippen LogP contribution < -0.4 is 10.1 Å². The first kappa shape index (κ1) is 20.8. The fourth-order valence-corrected chi connectivity index (χ4v) is 5.83. The third-order valence-electron chi connectivity index (χ3n) is 6.14. The highest BCUT2D eigenvalue weighted by Crippen LogP contribution is 2.53. The molecule has 6 heteroatoms. The summed E-state index contributed by atoms with van der Waals surface area (Å²) in [5.41, 5.74) is 5.22. The standard InChI is InChI=1S/C28H23N3O2S/c1-19(16-20-10-4-2-5-11-20)17-26-27(32)29-28(34-26)31-24(22-14-8-9-15-25(22)33-28)18-23(30-31)21-12-6-3-7-13-21/h2-17,24H,18H2,1H3,(H,29,32)/b19-16+,26-17-/t24-,28+/m0/s1. The average Bonchev–Trinajstić information content (AvgIpc) is 3.43. The van der Waals surface area contributed by atoms with Crippen molar-refractivity contribution in [3.63, 3.8) is 0 Å². The van der Waals surface area contributed by atoms with Crippen LogP contribution in [0.15, 0.2) is 107 Å². The number of thioether (sulfide) groups is 1. The van der Waals surface area contributed by atoms with E-state index in [2.05, 4.69) is 29.6 Å². The van der Waals surface area contributed by atoms with E-state index in [-0.39, 0.29) is 11.9 Å². The number of hydrogen-bond donors (Lipinski definition) is 1. The van der Waals surface area contributed by atoms with E-state index in [0.29, 0.717) is 4.91 Å². The summed E-state index contributed by atoms with van der Waals surface area (Å²) in [7, 11) is 0. The van der Waals surface area contributed by atoms with Crippen molar-refractivity contribution in [1.82, 2.24) is 10.3 Å². The van der Waals surface area contributed by atoms with Gasteiger partial charge in [0.2, 0.25) is 0 Å². The van der Waals surface area contributed by atoms with Gasteiger partial charge in [-0.3, -0.25) is 10.1 Å². The number of fused-ring (bicyclic) bond motifs is 4. The Morgan fingerprint density at radius 1 is 1.06 bits per heavy atom. The van der Waals surface area contributed by atoms with Crippen LogP contribution in [0.5, 0.6) is 5.75 Å². The van der Waals surface area contributed by atoms with Gasteiger partial charge < -0.3 is 4.74 Å². The van der Waals surface area contributed by atoms with Crippen molar-refractivity contribution in [2.24, 2.45) is 5.10 Å². The number of hydrazone groups is 1. The zero-order chi connectivity index (χ0) is 23.1. The zero-order valence-corrected chi connectivity index (χ0v) is 19.5. The second-order valence-electron chi connectivity index (χ2n) is 8.56. The van der Waals surface area contributed by atoms with Crippen molar-refractivity contribution < 1.29 is 9.53 Å². The number of nitrogens with zero attached hydrogens (tertiary/aromatic N) is 2. The van der Waals surface area contributed by atoms with Crippen LogP contribution in [0.4, 0.5) is 0 Å². The molecule has 1 amide bonds. The number of allylic oxidation sites excluding steroid dienone is 2. The number of ether oxygens (including phenoxy) is 1. The fraction of sp³-hybridized carbons (Fsp3) is 0.143. The van der Waals surface area contributed by atoms with Crippen molar-refractivity contribution in [2.45, 2.75) is 24.6 Å². The van der Waals surface area contributed by atoms with Gasteiger partial charge in [-0.2, -0.15) is 5.10 Å². The zero-order valence-electron chi connectivity index (χ0n) is 18.6. The van der Waals surface area contributed by atoms with Gasteiger partial charge in [0, 0.05) is 12.0 Å². The van der Waals surface area contributed by atoms with Gasteiger partial charge in [0.05, 0.1) is 16.7 Å². The van der Waals surface area contributed by atoms with E-state index in [4.69, 9.17) is 9.84 Å². The van der Waals surface area contributed by atoms with Crippen LogP contribution in [-0.2, 0) is 4.79 Å². The van der Waals surface area contributed by atoms with Gasteiger partial charge in [-0.25, -0.2) is 5.01 Å². The van der Waals surface area contributed by atoms with Crippen LogP contribution in [0.25, 0.3) is 6.08 Å². The Balaban J connectivity index is 1.38. The summed E-state index contributed by atoms with van der Waals surface area (Å²) in [4.78, 5) is 13.7. The maximum atomic E-state index is 13.1. The lowest BCUT2D eigenvalue weighted by Crippen LogP contribution is -2.58. The van der Waals surface area contributed by atoms with E-state index < -0.39 is 5.18 Å². The van der Waals surface area contributed by atoms with Crippen LogP contribution in [-0.4, -0.2) is 21.8 Å². The Kier molecular flexibility index (Phi) is 5.03. The molecule has 3 aromatic carbocycles. The molecule has 1 N–H and O–H groups in total. The van der Waals surface area contributed by atoms with Crippen LogP contribution in [0.3, 0.4) is 0 Å². The molecule has 0 radical (unpaired) electrons. The van der Waals surface area contributed by atoms with E-state index in [9.17, 15) is 4.79 Å². The first-order valence-electron chi connectivity index (χ1n) is 11.3. The Morgan fingerprint density at radius 2 is 1.76 bits per heavy atom. The second-order valence-corrected chi connectivity index (χ2v) is 9.76. The highest BCUT2D eigenvalue weighted by Gasteiger charge is 2.57. The van der Waals surface area contributed by atoms with E-state index in [0.717, 1.165) is 40.1 Å². The highest BCUT2D eigenvalue weighted by molar-refractivity contribution is 8.05. The first-order valence-corrected chi connectivity index (χ1v) is 12.1. The predicted octanol–water partition coefficient (Wildman–Crippen LogP) is 5.69. The van der Waals surface area contributed by atoms with Crippen molar-refractivity contribution in [2.75, 3.05) is 0 Å². The van der Waals surface area contributed by atoms with Crippen LogP contribution in [0, 0.1) is 0 Å². The third-order valence-corrected chi connectivity index (χ3v) is 7.31. The Hall–Kier alpha value is -3.77. The number of benzene rings is 3. The number of carbonyl (C=O) groups excluding carboxylic acids is 1. The van der Waals surface area contributed by atoms with Gasteiger partial charge in [0.15, 0.2) is 0 Å². The minimum atomic E-state index is -1.12. The molecule has 0 bridgehead atoms. The number of nitrogens with one attached hydrogen (secondary N) is 1. The molecule has 3 heterocycles. The quantitative estimate of drug-likeness (QED) is 0.505. The lowest BCUT2D eigenvalue weighted by Gasteiger charge is -2.43. The molecule has 1 saturated heterocycles. The summed E-state index contributed by atoms with van der Waals surface area (Å²) >= 11 is 1.37. The van der Waals surface area contributed by atoms with E-state index in [1.165, 1.54) is 11.8 Å². The smallest absolute Gasteiger partial charge is 0.336 e. The number of carbonyl (C=O) groups is 1. The Morgan fingerprint density at radius 3 is 2.56 bits per heavy atom. The van der Waals surface area contributed by atoms with Crippen LogP contribution in [0.2, 0.25) is 0 Å². The Bertz CT molecular complexity index is 1350. The van der Waals surface area contributed by atoms with Crippen molar-refractivity contribution in [1.29, 1.82) is 0 Å². The van der Waals surface area contributed by atoms with Crippen LogP contribution in [0.1, 0.15) is 36.1 Å². The number of hydrogen-bond acceptors (Lipinski definition) is 5. The molecule has 1 fully saturated rings. The summed E-state index contributed by atoms with van der Waals surface area (Å²) in [5, 5.41) is 8.88. The summed E-state index contributed by atoms with van der Waals surface area (Å²) in [6.07, 6.45) is 4.72. The molecule has 168 valence electrons. The molecule has 34 heavy (non-hydrogen) atoms. The SMILES string of the molecule is CC(/C=C1\S[C@@]2(NC1=O)Oc1ccccc1[C@@H]1CC(c3ccccc3)=NN12)=C\c1ccccc1. The molecule has 0 unspecified atom stereocenters. The van der Waals surface area contributed by atoms with Gasteiger partial charge in [-0.1, -0.05) is 84.9 Å². The summed E-state index contributed by atoms with van der Waals surface area (Å²) in [5.74, 6) is 0.617. The summed E-state index contributed by atoms with van der Waals surface area (Å²) in [6.45, 7) is 2.00. The maximum Gasteiger partial charge on any atom is 0.336 e. The van der Waals surface area contributed by atoms with Crippen LogP contribution >= 0.6 is 11.8 Å². The normalized spacial score (nSPS) is 24.5. The first-order chi connectivity index (χ1) is 16.6. The number of rotatable bonds is 3. The Labute approximate surface area is 202 Å². The molecule has 6 rings (SSSR count). The average molecular weight is 466 g/mol. The van der Waals surface area contributed by atoms with Crippen molar-refractivity contribution >= 4 is 29.5 Å². The topological polar surface area (TPSA) is 53.9 Å². The molecule has 3 aromatic rings. The largest absolute Gasteiger partial charge is 0.439 e. The van der Waals surface area contributed by atoms with Crippen molar-refractivity contribution in [3.8, 4) is 5.75 Å². The lowest BCUT2D eigenvalue weighted by molar-refractivity contribution is -0.127. The minimum absolute atomic E-state index is 0.0201. The summed E-state index contributed by atoms with van der Waals surface area (Å²) < 4.78 is 6.47. The molecule has 3 aliphatic rings. The molecule has 1 spiro atoms. The lowest BCUT2D eigenvalue weighted by atomic mass is 9.97.